The average molecular weight is 260 g/mol. The first kappa shape index (κ1) is 13.1. The number of pyridine rings is 1. The van der Waals surface area contributed by atoms with Crippen LogP contribution in [-0.4, -0.2) is 22.9 Å². The molecule has 0 aliphatic rings. The summed E-state index contributed by atoms with van der Waals surface area (Å²) >= 11 is 0. The van der Waals surface area contributed by atoms with Crippen LogP contribution >= 0.6 is 0 Å². The Kier molecular flexibility index (Phi) is 3.79. The number of hydrogen-bond donors (Lipinski definition) is 2. The minimum atomic E-state index is -0.254. The molecule has 0 radical (unpaired) electrons. The number of aryl methyl sites for hydroxylation is 2. The summed E-state index contributed by atoms with van der Waals surface area (Å²) in [6.07, 6.45) is 1.61. The van der Waals surface area contributed by atoms with Gasteiger partial charge in [0.15, 0.2) is 0 Å². The van der Waals surface area contributed by atoms with Crippen molar-refractivity contribution in [2.75, 3.05) is 12.4 Å². The summed E-state index contributed by atoms with van der Waals surface area (Å²) in [5.41, 5.74) is 2.05. The third-order valence-corrected chi connectivity index (χ3v) is 2.76. The van der Waals surface area contributed by atoms with Gasteiger partial charge in [-0.05, 0) is 26.0 Å². The first-order valence-corrected chi connectivity index (χ1v) is 5.95. The molecule has 0 unspecified atom stereocenters. The number of nitrogens with one attached hydrogen (secondary N) is 2. The molecule has 6 nitrogen and oxygen atoms in total. The third-order valence-electron chi connectivity index (χ3n) is 2.76. The Hall–Kier alpha value is -2.37. The molecule has 0 fully saturated rings. The van der Waals surface area contributed by atoms with Crippen LogP contribution in [0.2, 0.25) is 0 Å². The van der Waals surface area contributed by atoms with Gasteiger partial charge in [0, 0.05) is 7.05 Å². The zero-order valence-corrected chi connectivity index (χ0v) is 11.2. The van der Waals surface area contributed by atoms with Crippen molar-refractivity contribution in [3.05, 3.63) is 41.4 Å². The SMILES string of the molecule is CNc1ccc(C(=O)NCc2nc(C)c(C)o2)nc1. The van der Waals surface area contributed by atoms with E-state index in [1.165, 1.54) is 0 Å². The second-order valence-corrected chi connectivity index (χ2v) is 4.11. The molecule has 2 aromatic heterocycles. The molecule has 0 saturated heterocycles. The summed E-state index contributed by atoms with van der Waals surface area (Å²) < 4.78 is 5.38. The lowest BCUT2D eigenvalue weighted by atomic mass is 10.3. The van der Waals surface area contributed by atoms with E-state index in [0.717, 1.165) is 17.1 Å². The van der Waals surface area contributed by atoms with E-state index in [1.807, 2.05) is 13.8 Å². The molecule has 0 saturated carbocycles. The van der Waals surface area contributed by atoms with Crippen LogP contribution in [-0.2, 0) is 6.54 Å². The Bertz CT molecular complexity index is 555. The van der Waals surface area contributed by atoms with Crippen molar-refractivity contribution in [2.45, 2.75) is 20.4 Å². The molecular weight excluding hydrogens is 244 g/mol. The molecule has 2 rings (SSSR count). The Morgan fingerprint density at radius 2 is 2.16 bits per heavy atom. The van der Waals surface area contributed by atoms with Crippen LogP contribution in [0.1, 0.15) is 27.8 Å². The zero-order chi connectivity index (χ0) is 13.8. The summed E-state index contributed by atoms with van der Waals surface area (Å²) in [7, 11) is 1.80. The lowest BCUT2D eigenvalue weighted by molar-refractivity contribution is 0.0942. The molecule has 2 heterocycles. The van der Waals surface area contributed by atoms with Gasteiger partial charge < -0.3 is 15.1 Å². The molecule has 0 atom stereocenters. The van der Waals surface area contributed by atoms with E-state index in [1.54, 1.807) is 25.4 Å². The predicted molar refractivity (Wildman–Crippen MR) is 70.9 cm³/mol. The van der Waals surface area contributed by atoms with E-state index in [-0.39, 0.29) is 12.5 Å². The number of aromatic nitrogens is 2. The van der Waals surface area contributed by atoms with Crippen molar-refractivity contribution < 1.29 is 9.21 Å². The van der Waals surface area contributed by atoms with E-state index in [2.05, 4.69) is 20.6 Å². The van der Waals surface area contributed by atoms with E-state index in [9.17, 15) is 4.79 Å². The van der Waals surface area contributed by atoms with Crippen molar-refractivity contribution in [3.63, 3.8) is 0 Å². The maximum atomic E-state index is 11.8. The average Bonchev–Trinajstić information content (AvgIpc) is 2.75. The maximum Gasteiger partial charge on any atom is 0.270 e. The fourth-order valence-electron chi connectivity index (χ4n) is 1.54. The largest absolute Gasteiger partial charge is 0.444 e. The van der Waals surface area contributed by atoms with Gasteiger partial charge in [-0.15, -0.1) is 0 Å². The predicted octanol–water partition coefficient (Wildman–Crippen LogP) is 1.66. The normalized spacial score (nSPS) is 10.3. The first-order chi connectivity index (χ1) is 9.10. The fraction of sp³-hybridized carbons (Fsp3) is 0.308. The molecule has 6 heteroatoms. The smallest absolute Gasteiger partial charge is 0.270 e. The van der Waals surface area contributed by atoms with Crippen LogP contribution in [0.5, 0.6) is 0 Å². The molecule has 100 valence electrons. The van der Waals surface area contributed by atoms with Crippen LogP contribution in [0.15, 0.2) is 22.7 Å². The highest BCUT2D eigenvalue weighted by molar-refractivity contribution is 5.92. The van der Waals surface area contributed by atoms with Gasteiger partial charge in [-0.1, -0.05) is 0 Å². The zero-order valence-electron chi connectivity index (χ0n) is 11.2. The van der Waals surface area contributed by atoms with Gasteiger partial charge in [-0.25, -0.2) is 9.97 Å². The monoisotopic (exact) mass is 260 g/mol. The topological polar surface area (TPSA) is 80.0 Å². The van der Waals surface area contributed by atoms with E-state index in [4.69, 9.17) is 4.42 Å². The van der Waals surface area contributed by atoms with Crippen molar-refractivity contribution >= 4 is 11.6 Å². The van der Waals surface area contributed by atoms with Gasteiger partial charge in [0.1, 0.15) is 11.5 Å². The Morgan fingerprint density at radius 1 is 1.37 bits per heavy atom. The number of carbonyl (C=O) groups excluding carboxylic acids is 1. The highest BCUT2D eigenvalue weighted by Gasteiger charge is 2.10. The summed E-state index contributed by atoms with van der Waals surface area (Å²) in [5.74, 6) is 1.01. The van der Waals surface area contributed by atoms with Crippen LogP contribution < -0.4 is 10.6 Å². The number of amides is 1. The van der Waals surface area contributed by atoms with E-state index >= 15 is 0 Å². The minimum absolute atomic E-state index is 0.253. The minimum Gasteiger partial charge on any atom is -0.444 e. The number of hydrogen-bond acceptors (Lipinski definition) is 5. The maximum absolute atomic E-state index is 11.8. The van der Waals surface area contributed by atoms with Crippen LogP contribution in [0, 0.1) is 13.8 Å². The van der Waals surface area contributed by atoms with Gasteiger partial charge in [0.2, 0.25) is 5.89 Å². The van der Waals surface area contributed by atoms with Gasteiger partial charge in [-0.3, -0.25) is 4.79 Å². The second-order valence-electron chi connectivity index (χ2n) is 4.11. The summed E-state index contributed by atoms with van der Waals surface area (Å²) in [5, 5.41) is 5.66. The Labute approximate surface area is 111 Å². The second kappa shape index (κ2) is 5.51. The first-order valence-electron chi connectivity index (χ1n) is 5.95. The van der Waals surface area contributed by atoms with Gasteiger partial charge in [0.25, 0.3) is 5.91 Å². The van der Waals surface area contributed by atoms with Gasteiger partial charge in [-0.2, -0.15) is 0 Å². The number of carbonyl (C=O) groups is 1. The third kappa shape index (κ3) is 3.09. The Morgan fingerprint density at radius 3 is 2.68 bits per heavy atom. The molecular formula is C13H16N4O2. The number of anilines is 1. The lowest BCUT2D eigenvalue weighted by Crippen LogP contribution is -2.23. The number of rotatable bonds is 4. The molecule has 0 aliphatic carbocycles. The van der Waals surface area contributed by atoms with Crippen LogP contribution in [0.3, 0.4) is 0 Å². The Balaban J connectivity index is 1.96. The quantitative estimate of drug-likeness (QED) is 0.873. The lowest BCUT2D eigenvalue weighted by Gasteiger charge is -2.03. The highest BCUT2D eigenvalue weighted by Crippen LogP contribution is 2.08. The molecule has 2 N–H and O–H groups in total. The van der Waals surface area contributed by atoms with Crippen molar-refractivity contribution in [2.24, 2.45) is 0 Å². The molecule has 1 amide bonds. The summed E-state index contributed by atoms with van der Waals surface area (Å²) in [4.78, 5) is 20.1. The van der Waals surface area contributed by atoms with Gasteiger partial charge >= 0.3 is 0 Å². The molecule has 0 aliphatic heterocycles. The number of oxazole rings is 1. The molecule has 19 heavy (non-hydrogen) atoms. The van der Waals surface area contributed by atoms with Crippen LogP contribution in [0.4, 0.5) is 5.69 Å². The van der Waals surface area contributed by atoms with Gasteiger partial charge in [0.05, 0.1) is 24.1 Å². The van der Waals surface area contributed by atoms with E-state index in [0.29, 0.717) is 11.6 Å². The molecule has 2 aromatic rings. The standard InChI is InChI=1S/C13H16N4O2/c1-8-9(2)19-12(17-8)7-16-13(18)11-5-4-10(14-3)6-15-11/h4-6,14H,7H2,1-3H3,(H,16,18). The van der Waals surface area contributed by atoms with Crippen molar-refractivity contribution in [1.82, 2.24) is 15.3 Å². The molecule has 0 aromatic carbocycles. The summed E-state index contributed by atoms with van der Waals surface area (Å²) in [6.45, 7) is 3.96. The summed E-state index contributed by atoms with van der Waals surface area (Å²) in [6, 6.07) is 3.45. The molecule has 0 spiro atoms. The van der Waals surface area contributed by atoms with Crippen molar-refractivity contribution in [1.29, 1.82) is 0 Å². The van der Waals surface area contributed by atoms with Crippen molar-refractivity contribution in [3.8, 4) is 0 Å². The van der Waals surface area contributed by atoms with Crippen LogP contribution in [0.25, 0.3) is 0 Å². The molecule has 0 bridgehead atoms. The highest BCUT2D eigenvalue weighted by atomic mass is 16.4. The number of nitrogens with zero attached hydrogens (tertiary/aromatic N) is 2. The fourth-order valence-corrected chi connectivity index (χ4v) is 1.54. The van der Waals surface area contributed by atoms with E-state index < -0.39 is 0 Å².